The van der Waals surface area contributed by atoms with E-state index in [0.717, 1.165) is 16.4 Å². The highest BCUT2D eigenvalue weighted by atomic mass is 32.1. The lowest BCUT2D eigenvalue weighted by Crippen LogP contribution is -2.38. The number of rotatable bonds is 3. The zero-order valence-electron chi connectivity index (χ0n) is 10.4. The van der Waals surface area contributed by atoms with Crippen molar-refractivity contribution in [3.63, 3.8) is 0 Å². The molecule has 1 aromatic carbocycles. The highest BCUT2D eigenvalue weighted by Crippen LogP contribution is 2.29. The summed E-state index contributed by atoms with van der Waals surface area (Å²) in [6.07, 6.45) is 1.16. The molecule has 1 heterocycles. The molecule has 0 N–H and O–H groups in total. The van der Waals surface area contributed by atoms with Crippen LogP contribution < -0.4 is 0 Å². The lowest BCUT2D eigenvalue weighted by molar-refractivity contribution is -0.902. The van der Waals surface area contributed by atoms with Crippen LogP contribution in [-0.4, -0.2) is 30.6 Å². The number of quaternary nitrogens is 1. The van der Waals surface area contributed by atoms with Crippen LogP contribution in [0.5, 0.6) is 0 Å². The van der Waals surface area contributed by atoms with Crippen LogP contribution in [0.1, 0.15) is 24.9 Å². The summed E-state index contributed by atoms with van der Waals surface area (Å²) in [5.41, 5.74) is 4.46. The highest BCUT2D eigenvalue weighted by Gasteiger charge is 2.23. The molecule has 0 radical (unpaired) electrons. The largest absolute Gasteiger partial charge is 0.325 e. The maximum atomic E-state index is 4.32. The number of nitrogens with zero attached hydrogens (tertiary/aromatic N) is 2. The van der Waals surface area contributed by atoms with E-state index >= 15 is 0 Å². The first kappa shape index (κ1) is 11.6. The summed E-state index contributed by atoms with van der Waals surface area (Å²) in [6.45, 7) is 2.25. The van der Waals surface area contributed by atoms with Gasteiger partial charge in [0.1, 0.15) is 6.04 Å². The Bertz CT molecular complexity index is 482. The van der Waals surface area contributed by atoms with Crippen LogP contribution in [0.3, 0.4) is 0 Å². The summed E-state index contributed by atoms with van der Waals surface area (Å²) in [6, 6.07) is 7.22. The molecule has 0 bridgehead atoms. The van der Waals surface area contributed by atoms with E-state index in [1.54, 1.807) is 11.3 Å². The lowest BCUT2D eigenvalue weighted by atomic mass is 10.0. The number of hydrogen-bond acceptors (Lipinski definition) is 2. The predicted molar refractivity (Wildman–Crippen MR) is 70.7 cm³/mol. The fourth-order valence-corrected chi connectivity index (χ4v) is 3.04. The molecule has 0 aliphatic carbocycles. The van der Waals surface area contributed by atoms with Gasteiger partial charge < -0.3 is 4.48 Å². The smallest absolute Gasteiger partial charge is 0.114 e. The van der Waals surface area contributed by atoms with Gasteiger partial charge in [0.2, 0.25) is 0 Å². The maximum Gasteiger partial charge on any atom is 0.114 e. The standard InChI is InChI=1S/C13H19N2S/c1-5-12(15(2,3)4)10-6-7-11-13(8-10)16-9-14-11/h6-9,12H,5H2,1-4H3/q+1. The van der Waals surface area contributed by atoms with Gasteiger partial charge in [-0.3, -0.25) is 0 Å². The average molecular weight is 235 g/mol. The highest BCUT2D eigenvalue weighted by molar-refractivity contribution is 7.16. The Hall–Kier alpha value is -0.930. The Morgan fingerprint density at radius 3 is 2.69 bits per heavy atom. The summed E-state index contributed by atoms with van der Waals surface area (Å²) >= 11 is 1.72. The minimum absolute atomic E-state index is 0.562. The molecule has 0 spiro atoms. The number of hydrogen-bond donors (Lipinski definition) is 0. The van der Waals surface area contributed by atoms with Crippen molar-refractivity contribution in [3.05, 3.63) is 29.3 Å². The van der Waals surface area contributed by atoms with Crippen molar-refractivity contribution in [1.29, 1.82) is 0 Å². The van der Waals surface area contributed by atoms with Crippen molar-refractivity contribution in [3.8, 4) is 0 Å². The predicted octanol–water partition coefficient (Wildman–Crippen LogP) is 3.45. The summed E-state index contributed by atoms with van der Waals surface area (Å²) in [5, 5.41) is 0. The maximum absolute atomic E-state index is 4.32. The number of benzene rings is 1. The molecule has 3 heteroatoms. The monoisotopic (exact) mass is 235 g/mol. The molecular weight excluding hydrogens is 216 g/mol. The first-order chi connectivity index (χ1) is 7.52. The molecule has 2 nitrogen and oxygen atoms in total. The van der Waals surface area contributed by atoms with Gasteiger partial charge in [-0.25, -0.2) is 4.98 Å². The number of aromatic nitrogens is 1. The Labute approximate surface area is 101 Å². The fraction of sp³-hybridized carbons (Fsp3) is 0.462. The van der Waals surface area contributed by atoms with Crippen molar-refractivity contribution in [1.82, 2.24) is 4.98 Å². The van der Waals surface area contributed by atoms with E-state index in [9.17, 15) is 0 Å². The molecule has 0 fully saturated rings. The Kier molecular flexibility index (Phi) is 3.00. The molecular formula is C13H19N2S+. The SMILES string of the molecule is CCC(c1ccc2ncsc2c1)[N+](C)(C)C. The summed E-state index contributed by atoms with van der Waals surface area (Å²) < 4.78 is 2.27. The first-order valence-electron chi connectivity index (χ1n) is 5.66. The molecule has 1 atom stereocenters. The van der Waals surface area contributed by atoms with Crippen LogP contribution in [0.15, 0.2) is 23.7 Å². The molecule has 1 unspecified atom stereocenters. The molecule has 0 aliphatic heterocycles. The van der Waals surface area contributed by atoms with E-state index in [0.29, 0.717) is 6.04 Å². The van der Waals surface area contributed by atoms with Gasteiger partial charge in [-0.05, 0) is 12.1 Å². The van der Waals surface area contributed by atoms with Crippen molar-refractivity contribution in [2.75, 3.05) is 21.1 Å². The second kappa shape index (κ2) is 4.15. The number of fused-ring (bicyclic) bond motifs is 1. The van der Waals surface area contributed by atoms with Crippen molar-refractivity contribution in [2.24, 2.45) is 0 Å². The second-order valence-electron chi connectivity index (χ2n) is 5.12. The van der Waals surface area contributed by atoms with Gasteiger partial charge >= 0.3 is 0 Å². The molecule has 0 saturated heterocycles. The molecule has 2 rings (SSSR count). The van der Waals surface area contributed by atoms with Gasteiger partial charge in [0.15, 0.2) is 0 Å². The summed E-state index contributed by atoms with van der Waals surface area (Å²) in [7, 11) is 6.76. The van der Waals surface area contributed by atoms with E-state index in [4.69, 9.17) is 0 Å². The Balaban J connectivity index is 2.45. The third-order valence-corrected chi connectivity index (χ3v) is 3.85. The number of thiazole rings is 1. The van der Waals surface area contributed by atoms with Crippen LogP contribution >= 0.6 is 11.3 Å². The van der Waals surface area contributed by atoms with E-state index in [-0.39, 0.29) is 0 Å². The summed E-state index contributed by atoms with van der Waals surface area (Å²) in [5.74, 6) is 0. The molecule has 0 aliphatic rings. The minimum Gasteiger partial charge on any atom is -0.325 e. The van der Waals surface area contributed by atoms with Crippen LogP contribution in [0.2, 0.25) is 0 Å². The van der Waals surface area contributed by atoms with E-state index in [1.165, 1.54) is 10.3 Å². The zero-order valence-corrected chi connectivity index (χ0v) is 11.2. The zero-order chi connectivity index (χ0) is 11.8. The third-order valence-electron chi connectivity index (χ3n) is 3.06. The van der Waals surface area contributed by atoms with Crippen LogP contribution in [0.4, 0.5) is 0 Å². The quantitative estimate of drug-likeness (QED) is 0.743. The fourth-order valence-electron chi connectivity index (χ4n) is 2.31. The average Bonchev–Trinajstić information content (AvgIpc) is 2.63. The van der Waals surface area contributed by atoms with Gasteiger partial charge in [-0.15, -0.1) is 11.3 Å². The van der Waals surface area contributed by atoms with Crippen molar-refractivity contribution < 1.29 is 4.48 Å². The molecule has 0 amide bonds. The van der Waals surface area contributed by atoms with E-state index in [2.05, 4.69) is 51.2 Å². The summed E-state index contributed by atoms with van der Waals surface area (Å²) in [4.78, 5) is 4.32. The van der Waals surface area contributed by atoms with Crippen molar-refractivity contribution >= 4 is 21.6 Å². The van der Waals surface area contributed by atoms with Gasteiger partial charge in [0, 0.05) is 12.0 Å². The first-order valence-corrected chi connectivity index (χ1v) is 6.54. The third kappa shape index (κ3) is 2.11. The van der Waals surface area contributed by atoms with Gasteiger partial charge in [-0.1, -0.05) is 13.0 Å². The van der Waals surface area contributed by atoms with Gasteiger partial charge in [0.25, 0.3) is 0 Å². The lowest BCUT2D eigenvalue weighted by Gasteiger charge is -2.33. The molecule has 0 saturated carbocycles. The van der Waals surface area contributed by atoms with Crippen LogP contribution in [-0.2, 0) is 0 Å². The van der Waals surface area contributed by atoms with E-state index < -0.39 is 0 Å². The topological polar surface area (TPSA) is 12.9 Å². The normalized spacial score (nSPS) is 14.2. The molecule has 1 aromatic heterocycles. The van der Waals surface area contributed by atoms with Gasteiger partial charge in [-0.2, -0.15) is 0 Å². The van der Waals surface area contributed by atoms with Crippen molar-refractivity contribution in [2.45, 2.75) is 19.4 Å². The molecule has 16 heavy (non-hydrogen) atoms. The Morgan fingerprint density at radius 1 is 1.31 bits per heavy atom. The van der Waals surface area contributed by atoms with Gasteiger partial charge in [0.05, 0.1) is 36.9 Å². The molecule has 86 valence electrons. The molecule has 2 aromatic rings. The Morgan fingerprint density at radius 2 is 2.06 bits per heavy atom. The van der Waals surface area contributed by atoms with Crippen LogP contribution in [0.25, 0.3) is 10.2 Å². The van der Waals surface area contributed by atoms with E-state index in [1.807, 2.05) is 5.51 Å². The minimum atomic E-state index is 0.562. The second-order valence-corrected chi connectivity index (χ2v) is 6.01. The van der Waals surface area contributed by atoms with Crippen LogP contribution in [0, 0.1) is 0 Å².